The van der Waals surface area contributed by atoms with Crippen LogP contribution < -0.4 is 5.32 Å². The molecule has 0 saturated heterocycles. The largest absolute Gasteiger partial charge is 0.390 e. The monoisotopic (exact) mass is 209 g/mol. The third kappa shape index (κ3) is 3.86. The van der Waals surface area contributed by atoms with Crippen LogP contribution in [0.1, 0.15) is 39.5 Å². The van der Waals surface area contributed by atoms with Crippen molar-refractivity contribution in [2.24, 2.45) is 5.92 Å². The quantitative estimate of drug-likeness (QED) is 0.753. The van der Waals surface area contributed by atoms with Gasteiger partial charge in [0, 0.05) is 12.1 Å². The van der Waals surface area contributed by atoms with Crippen LogP contribution in [0.2, 0.25) is 0 Å². The third-order valence-electron chi connectivity index (χ3n) is 2.90. The second-order valence-electron chi connectivity index (χ2n) is 4.40. The van der Waals surface area contributed by atoms with E-state index in [1.165, 1.54) is 0 Å². The second-order valence-corrected chi connectivity index (χ2v) is 4.40. The predicted molar refractivity (Wildman–Crippen MR) is 50.1 cm³/mol. The Kier molecular flexibility index (Phi) is 3.81. The summed E-state index contributed by atoms with van der Waals surface area (Å²) in [6.45, 7) is 3.71. The number of hydrogen-bond acceptors (Lipinski definition) is 1. The summed E-state index contributed by atoms with van der Waals surface area (Å²) < 4.78 is 36.1. The van der Waals surface area contributed by atoms with Crippen LogP contribution in [0.3, 0.4) is 0 Å². The van der Waals surface area contributed by atoms with Gasteiger partial charge in [-0.25, -0.2) is 0 Å². The fourth-order valence-corrected chi connectivity index (χ4v) is 2.16. The average molecular weight is 209 g/mol. The van der Waals surface area contributed by atoms with Gasteiger partial charge >= 0.3 is 6.18 Å². The van der Waals surface area contributed by atoms with E-state index in [1.54, 1.807) is 6.92 Å². The Hall–Kier alpha value is -0.250. The van der Waals surface area contributed by atoms with Crippen LogP contribution in [-0.4, -0.2) is 18.3 Å². The molecule has 0 aromatic heterocycles. The zero-order valence-corrected chi connectivity index (χ0v) is 8.69. The third-order valence-corrected chi connectivity index (χ3v) is 2.90. The molecular formula is C10H18F3N. The molecule has 0 aromatic rings. The van der Waals surface area contributed by atoms with E-state index in [2.05, 4.69) is 12.2 Å². The molecule has 84 valence electrons. The van der Waals surface area contributed by atoms with Gasteiger partial charge in [0.15, 0.2) is 0 Å². The van der Waals surface area contributed by atoms with Crippen LogP contribution in [-0.2, 0) is 0 Å². The first-order chi connectivity index (χ1) is 6.38. The molecule has 0 amide bonds. The number of alkyl halides is 3. The molecule has 1 nitrogen and oxygen atoms in total. The van der Waals surface area contributed by atoms with Gasteiger partial charge in [-0.3, -0.25) is 0 Å². The average Bonchev–Trinajstić information content (AvgIpc) is 2.32. The van der Waals surface area contributed by atoms with Gasteiger partial charge in [-0.2, -0.15) is 13.2 Å². The van der Waals surface area contributed by atoms with Crippen molar-refractivity contribution >= 4 is 0 Å². The van der Waals surface area contributed by atoms with Crippen molar-refractivity contribution < 1.29 is 13.2 Å². The van der Waals surface area contributed by atoms with Crippen LogP contribution in [0, 0.1) is 5.92 Å². The minimum atomic E-state index is -4.05. The molecule has 1 rings (SSSR count). The molecule has 0 spiro atoms. The van der Waals surface area contributed by atoms with Gasteiger partial charge in [-0.05, 0) is 25.7 Å². The number of halogens is 3. The Morgan fingerprint density at radius 2 is 2.00 bits per heavy atom. The standard InChI is InChI=1S/C10H18F3N/c1-7-4-3-5-9(7)14-8(2)6-10(11,12)13/h7-9,14H,3-6H2,1-2H3. The lowest BCUT2D eigenvalue weighted by atomic mass is 10.0. The number of hydrogen-bond donors (Lipinski definition) is 1. The molecule has 14 heavy (non-hydrogen) atoms. The summed E-state index contributed by atoms with van der Waals surface area (Å²) in [5.41, 5.74) is 0. The van der Waals surface area contributed by atoms with E-state index >= 15 is 0 Å². The molecule has 1 aliphatic carbocycles. The van der Waals surface area contributed by atoms with Crippen molar-refractivity contribution in [1.82, 2.24) is 5.32 Å². The summed E-state index contributed by atoms with van der Waals surface area (Å²) in [6.07, 6.45) is -1.48. The van der Waals surface area contributed by atoms with Gasteiger partial charge in [0.2, 0.25) is 0 Å². The molecule has 1 fully saturated rings. The summed E-state index contributed by atoms with van der Waals surface area (Å²) in [7, 11) is 0. The first kappa shape index (κ1) is 11.8. The molecule has 0 aliphatic heterocycles. The van der Waals surface area contributed by atoms with Crippen molar-refractivity contribution in [1.29, 1.82) is 0 Å². The van der Waals surface area contributed by atoms with Crippen LogP contribution in [0.25, 0.3) is 0 Å². The predicted octanol–water partition coefficient (Wildman–Crippen LogP) is 3.11. The van der Waals surface area contributed by atoms with Gasteiger partial charge < -0.3 is 5.32 Å². The van der Waals surface area contributed by atoms with Crippen molar-refractivity contribution in [3.8, 4) is 0 Å². The van der Waals surface area contributed by atoms with Gasteiger partial charge in [0.25, 0.3) is 0 Å². The first-order valence-corrected chi connectivity index (χ1v) is 5.21. The second kappa shape index (κ2) is 4.51. The highest BCUT2D eigenvalue weighted by molar-refractivity contribution is 4.82. The van der Waals surface area contributed by atoms with E-state index in [9.17, 15) is 13.2 Å². The number of rotatable bonds is 3. The lowest BCUT2D eigenvalue weighted by Crippen LogP contribution is -2.40. The Morgan fingerprint density at radius 3 is 2.43 bits per heavy atom. The fourth-order valence-electron chi connectivity index (χ4n) is 2.16. The van der Waals surface area contributed by atoms with Crippen molar-refractivity contribution in [3.63, 3.8) is 0 Å². The molecule has 0 radical (unpaired) electrons. The molecular weight excluding hydrogens is 191 g/mol. The lowest BCUT2D eigenvalue weighted by Gasteiger charge is -2.23. The highest BCUT2D eigenvalue weighted by Gasteiger charge is 2.32. The minimum Gasteiger partial charge on any atom is -0.311 e. The van der Waals surface area contributed by atoms with Crippen molar-refractivity contribution in [2.45, 2.75) is 57.8 Å². The van der Waals surface area contributed by atoms with E-state index in [-0.39, 0.29) is 6.04 Å². The molecule has 1 saturated carbocycles. The Morgan fingerprint density at radius 1 is 1.36 bits per heavy atom. The summed E-state index contributed by atoms with van der Waals surface area (Å²) in [6, 6.07) is -0.173. The Bertz CT molecular complexity index is 179. The zero-order chi connectivity index (χ0) is 10.8. The molecule has 3 atom stereocenters. The van der Waals surface area contributed by atoms with E-state index < -0.39 is 18.6 Å². The van der Waals surface area contributed by atoms with E-state index in [0.717, 1.165) is 19.3 Å². The molecule has 1 N–H and O–H groups in total. The van der Waals surface area contributed by atoms with E-state index in [4.69, 9.17) is 0 Å². The SMILES string of the molecule is CC(CC(F)(F)F)NC1CCCC1C. The maximum Gasteiger partial charge on any atom is 0.390 e. The van der Waals surface area contributed by atoms with Crippen molar-refractivity contribution in [3.05, 3.63) is 0 Å². The van der Waals surface area contributed by atoms with Crippen LogP contribution in [0.4, 0.5) is 13.2 Å². The van der Waals surface area contributed by atoms with E-state index in [0.29, 0.717) is 5.92 Å². The fraction of sp³-hybridized carbons (Fsp3) is 1.00. The molecule has 0 heterocycles. The summed E-state index contributed by atoms with van der Waals surface area (Å²) >= 11 is 0. The van der Waals surface area contributed by atoms with Crippen LogP contribution in [0.5, 0.6) is 0 Å². The lowest BCUT2D eigenvalue weighted by molar-refractivity contribution is -0.139. The van der Waals surface area contributed by atoms with Gasteiger partial charge in [-0.15, -0.1) is 0 Å². The minimum absolute atomic E-state index is 0.285. The normalized spacial score (nSPS) is 30.6. The van der Waals surface area contributed by atoms with Crippen molar-refractivity contribution in [2.75, 3.05) is 0 Å². The van der Waals surface area contributed by atoms with E-state index in [1.807, 2.05) is 0 Å². The zero-order valence-electron chi connectivity index (χ0n) is 8.69. The maximum atomic E-state index is 12.0. The molecule has 0 bridgehead atoms. The maximum absolute atomic E-state index is 12.0. The van der Waals surface area contributed by atoms with Gasteiger partial charge in [0.05, 0.1) is 6.42 Å². The van der Waals surface area contributed by atoms with Crippen LogP contribution >= 0.6 is 0 Å². The first-order valence-electron chi connectivity index (χ1n) is 5.21. The Balaban J connectivity index is 2.29. The van der Waals surface area contributed by atoms with Gasteiger partial charge in [0.1, 0.15) is 0 Å². The highest BCUT2D eigenvalue weighted by Crippen LogP contribution is 2.27. The summed E-state index contributed by atoms with van der Waals surface area (Å²) in [4.78, 5) is 0. The molecule has 3 unspecified atom stereocenters. The topological polar surface area (TPSA) is 12.0 Å². The molecule has 4 heteroatoms. The molecule has 0 aromatic carbocycles. The smallest absolute Gasteiger partial charge is 0.311 e. The van der Waals surface area contributed by atoms with Gasteiger partial charge in [-0.1, -0.05) is 13.3 Å². The molecule has 1 aliphatic rings. The number of nitrogens with one attached hydrogen (secondary N) is 1. The summed E-state index contributed by atoms with van der Waals surface area (Å²) in [5, 5.41) is 3.07. The van der Waals surface area contributed by atoms with Crippen LogP contribution in [0.15, 0.2) is 0 Å². The Labute approximate surface area is 83.1 Å². The highest BCUT2D eigenvalue weighted by atomic mass is 19.4. The summed E-state index contributed by atoms with van der Waals surface area (Å²) in [5.74, 6) is 0.519.